The number of benzene rings is 7. The van der Waals surface area contributed by atoms with E-state index in [1.165, 1.54) is 67.8 Å². The Kier molecular flexibility index (Phi) is 119. The topological polar surface area (TPSA) is 17.1 Å². The predicted octanol–water partition coefficient (Wildman–Crippen LogP) is 19.3. The van der Waals surface area contributed by atoms with Gasteiger partial charge in [0.25, 0.3) is 0 Å². The fourth-order valence-electron chi connectivity index (χ4n) is 6.12. The minimum absolute atomic E-state index is 0. The van der Waals surface area contributed by atoms with E-state index in [9.17, 15) is 4.57 Å². The van der Waals surface area contributed by atoms with Crippen molar-refractivity contribution in [2.45, 2.75) is 114 Å². The maximum atomic E-state index is 10.3. The molecule has 7 aromatic carbocycles. The summed E-state index contributed by atoms with van der Waals surface area (Å²) in [6.07, 6.45) is 5.62. The molecule has 0 N–H and O–H groups in total. The summed E-state index contributed by atoms with van der Waals surface area (Å²) in [4.78, 5) is 0. The van der Waals surface area contributed by atoms with Crippen molar-refractivity contribution in [2.24, 2.45) is 11.8 Å². The molecule has 0 bridgehead atoms. The summed E-state index contributed by atoms with van der Waals surface area (Å²) >= 11 is 13.3. The Balaban J connectivity index is -0.0000000684. The molecule has 1 nitrogen and oxygen atoms in total. The van der Waals surface area contributed by atoms with Gasteiger partial charge >= 0.3 is 0 Å². The molecule has 1 fully saturated rings. The Morgan fingerprint density at radius 1 is 0.422 bits per heavy atom. The van der Waals surface area contributed by atoms with Crippen LogP contribution in [0.5, 0.6) is 0 Å². The molecule has 478 valence electrons. The van der Waals surface area contributed by atoms with E-state index in [0.717, 1.165) is 41.9 Å². The first kappa shape index (κ1) is 122. The standard InChI is InChI=1S/C12H18P2.C8H18.C7H7Br.C7H9P.C6H4BrOP.C6H6BrP.C6H5Br.C6H8P2.C2H6.CH4.10Ar/c1-9-7-8-10(2)14(9)12-6-4-3-5-11(12)13;1-7(2)5-6-8(3)4;2*1-6-4-2-3-5-7(6)8;7-5-3-1-2-4-6(5)9-8;7-5-3-1-2-4-6(5)8;7-6-4-2-1-3-5-6;7-5-3-1-2-4-6(5)8;1-2;;;;;;;;;;;/h3-6,9-10H,7-8,13H2,1-2H3;7-8H,5-6H2,1-4H3;2-5H,1H3;2-5H,8H2,1H3;1-4H;1-4H,8H2;1-5H;1-4H,7-8H2;1-2H3;1H4;;;;;;;;;;/t9-,10-;;;;;;;;;;;;;;;;;;;/m0.................../s1. The Labute approximate surface area is 855 Å². The van der Waals surface area contributed by atoms with Crippen molar-refractivity contribution in [1.82, 2.24) is 0 Å². The van der Waals surface area contributed by atoms with Crippen LogP contribution in [0.4, 0.5) is 0 Å². The van der Waals surface area contributed by atoms with Crippen LogP contribution in [-0.2, 0) is 4.57 Å². The van der Waals surface area contributed by atoms with Gasteiger partial charge in [0.05, 0.1) is 5.30 Å². The summed E-state index contributed by atoms with van der Waals surface area (Å²) < 4.78 is 14.6. The van der Waals surface area contributed by atoms with Crippen molar-refractivity contribution in [2.75, 3.05) is 0 Å². The largest absolute Gasteiger partial charge is 0.269 e. The summed E-state index contributed by atoms with van der Waals surface area (Å²) in [7, 11) is 13.7. The van der Waals surface area contributed by atoms with Gasteiger partial charge in [0.1, 0.15) is 0 Å². The maximum Gasteiger partial charge on any atom is 0.193 e. The molecule has 1 saturated heterocycles. The van der Waals surface area contributed by atoms with Crippen molar-refractivity contribution in [3.05, 3.63) is 205 Å². The van der Waals surface area contributed by atoms with Crippen molar-refractivity contribution in [3.8, 4) is 0 Å². The van der Waals surface area contributed by atoms with Gasteiger partial charge < -0.3 is 0 Å². The summed E-state index contributed by atoms with van der Waals surface area (Å²) in [6, 6.07) is 58.9. The summed E-state index contributed by atoms with van der Waals surface area (Å²) in [5.41, 5.74) is 4.45. The normalized spacial score (nSPS) is 11.3. The first-order chi connectivity index (χ1) is 34.3. The fourth-order valence-corrected chi connectivity index (χ4v) is 12.6. The van der Waals surface area contributed by atoms with Gasteiger partial charge in [0, 0.05) is 395 Å². The second-order valence-corrected chi connectivity index (χ2v) is 27.5. The summed E-state index contributed by atoms with van der Waals surface area (Å²) in [6.45, 7) is 22.1. The van der Waals surface area contributed by atoms with Crippen molar-refractivity contribution in [1.29, 1.82) is 0 Å². The molecule has 8 rings (SSSR count). The van der Waals surface area contributed by atoms with Gasteiger partial charge in [-0.3, -0.25) is 4.57 Å². The number of aryl methyl sites for hydroxylation is 2. The van der Waals surface area contributed by atoms with Crippen LogP contribution in [0.1, 0.15) is 99.6 Å². The van der Waals surface area contributed by atoms with Gasteiger partial charge in [0.15, 0.2) is 8.46 Å². The second kappa shape index (κ2) is 81.0. The first-order valence-corrected chi connectivity index (χ1v) is 32.7. The average molecular weight is 1770 g/mol. The molecule has 0 aromatic heterocycles. The zero-order chi connectivity index (χ0) is 54.4. The Morgan fingerprint density at radius 3 is 0.976 bits per heavy atom. The molecule has 7 aromatic rings. The molecule has 0 spiro atoms. The smallest absolute Gasteiger partial charge is 0.193 e. The van der Waals surface area contributed by atoms with Crippen molar-refractivity contribution in [3.63, 3.8) is 0 Å². The van der Waals surface area contributed by atoms with Crippen molar-refractivity contribution >= 4 is 163 Å². The number of hydrogen-bond acceptors (Lipinski definition) is 1. The Hall–Kier alpha value is 11.7. The first-order valence-electron chi connectivity index (χ1n) is 24.3. The average Bonchev–Trinajstić information content (AvgIpc) is 3.71. The SMILES string of the molecule is Brc1ccccc1.C.CC.CC(C)CCC(C)C.C[C@H]1CC[C@H](C)P1c1ccccc1P.Cc1ccccc1Br.Cc1ccccc1P.O=Pc1ccccc1Br.Pc1ccccc1Br.Pc1ccccc1P.[Ar].[Ar].[Ar].[Ar].[Ar].[Ar].[Ar].[Ar].[Ar].[Ar]. The molecular formula is C61H85Ar10Br4OP7. The van der Waals surface area contributed by atoms with E-state index in [-0.39, 0.29) is 401 Å². The monoisotopic (exact) mass is 1770 g/mol. The molecule has 0 aliphatic carbocycles. The molecule has 1 aliphatic rings. The van der Waals surface area contributed by atoms with E-state index in [2.05, 4.69) is 220 Å². The van der Waals surface area contributed by atoms with Crippen LogP contribution in [0, 0.1) is 403 Å². The molecule has 5 unspecified atom stereocenters. The van der Waals surface area contributed by atoms with Gasteiger partial charge in [-0.25, -0.2) is 0 Å². The van der Waals surface area contributed by atoms with E-state index in [0.29, 0.717) is 0 Å². The van der Waals surface area contributed by atoms with Gasteiger partial charge in [0.2, 0.25) is 0 Å². The number of halogens is 4. The minimum Gasteiger partial charge on any atom is -0.269 e. The molecule has 0 radical (unpaired) electrons. The van der Waals surface area contributed by atoms with Crippen LogP contribution in [0.15, 0.2) is 194 Å². The van der Waals surface area contributed by atoms with E-state index >= 15 is 0 Å². The Bertz CT molecular complexity index is 2240. The van der Waals surface area contributed by atoms with Gasteiger partial charge in [-0.1, -0.05) is 271 Å². The van der Waals surface area contributed by atoms with Crippen molar-refractivity contribution < 1.29 is 382 Å². The van der Waals surface area contributed by atoms with E-state index in [4.69, 9.17) is 0 Å². The molecule has 1 heterocycles. The third-order valence-corrected chi connectivity index (χ3v) is 21.1. The molecule has 7 atom stereocenters. The molecular weight excluding hydrogens is 1680 g/mol. The maximum absolute atomic E-state index is 10.3. The third-order valence-electron chi connectivity index (χ3n) is 10.3. The molecule has 1 aliphatic heterocycles. The minimum atomic E-state index is 0. The second-order valence-electron chi connectivity index (χ2n) is 17.2. The quantitative estimate of drug-likeness (QED) is 0.157. The van der Waals surface area contributed by atoms with E-state index in [1.807, 2.05) is 129 Å². The third kappa shape index (κ3) is 65.5. The molecule has 22 heteroatoms. The van der Waals surface area contributed by atoms with E-state index < -0.39 is 0 Å². The number of rotatable bonds is 5. The number of hydrogen-bond donors (Lipinski definition) is 0. The summed E-state index contributed by atoms with van der Waals surface area (Å²) in [5.74, 6) is 1.77. The predicted molar refractivity (Wildman–Crippen MR) is 371 cm³/mol. The van der Waals surface area contributed by atoms with E-state index in [1.54, 1.807) is 11.4 Å². The summed E-state index contributed by atoms with van der Waals surface area (Å²) in [5, 5.41) is 8.80. The van der Waals surface area contributed by atoms with Gasteiger partial charge in [-0.15, -0.1) is 46.2 Å². The zero-order valence-electron chi connectivity index (χ0n) is 47.6. The molecule has 83 heavy (non-hydrogen) atoms. The molecule has 0 amide bonds. The van der Waals surface area contributed by atoms with Crippen LogP contribution in [0.25, 0.3) is 0 Å². The van der Waals surface area contributed by atoms with Crippen LogP contribution in [0.3, 0.4) is 0 Å². The Morgan fingerprint density at radius 2 is 0.735 bits per heavy atom. The van der Waals surface area contributed by atoms with Crippen LogP contribution >= 0.6 is 126 Å². The molecule has 0 saturated carbocycles. The fraction of sp³-hybridized carbons (Fsp3) is 0.311. The van der Waals surface area contributed by atoms with Crippen LogP contribution < -0.4 is 37.1 Å². The van der Waals surface area contributed by atoms with Gasteiger partial charge in [-0.05, 0) is 145 Å². The van der Waals surface area contributed by atoms with Gasteiger partial charge in [-0.2, -0.15) is 0 Å². The van der Waals surface area contributed by atoms with Crippen LogP contribution in [-0.4, -0.2) is 11.3 Å². The zero-order valence-corrected chi connectivity index (χ0v) is 68.6. The van der Waals surface area contributed by atoms with Crippen LogP contribution in [0.2, 0.25) is 0 Å².